The third-order valence-corrected chi connectivity index (χ3v) is 3.42. The van der Waals surface area contributed by atoms with E-state index in [1.807, 2.05) is 0 Å². The first-order chi connectivity index (χ1) is 8.09. The molecule has 1 rings (SSSR count). The van der Waals surface area contributed by atoms with Crippen molar-refractivity contribution in [3.63, 3.8) is 0 Å². The molecular weight excluding hydrogens is 210 g/mol. The molecule has 0 N–H and O–H groups in total. The highest BCUT2D eigenvalue weighted by atomic mass is 16.5. The van der Waals surface area contributed by atoms with Crippen LogP contribution in [0.5, 0.6) is 0 Å². The summed E-state index contributed by atoms with van der Waals surface area (Å²) in [7, 11) is 4.31. The van der Waals surface area contributed by atoms with E-state index >= 15 is 0 Å². The minimum atomic E-state index is 0.0732. The Hall–Kier alpha value is -0.760. The second kappa shape index (κ2) is 6.25. The monoisotopic (exact) mass is 237 g/mol. The molecule has 0 saturated carbocycles. The molecule has 0 spiro atoms. The molecule has 0 aliphatic heterocycles. The Labute approximate surface area is 106 Å². The summed E-state index contributed by atoms with van der Waals surface area (Å²) in [5.74, 6) is 1.11. The molecule has 0 aromatic heterocycles. The van der Waals surface area contributed by atoms with Gasteiger partial charge in [-0.3, -0.25) is 4.90 Å². The summed E-state index contributed by atoms with van der Waals surface area (Å²) in [5.41, 5.74) is 1.46. The summed E-state index contributed by atoms with van der Waals surface area (Å²) in [6, 6.07) is 0. The SMILES string of the molecule is CCCC1=CC(CCC)(N(C)C)C=C1OCC. The molecule has 2 heteroatoms. The lowest BCUT2D eigenvalue weighted by atomic mass is 9.94. The molecule has 0 saturated heterocycles. The zero-order valence-corrected chi connectivity index (χ0v) is 12.0. The number of nitrogens with zero attached hydrogens (tertiary/aromatic N) is 1. The summed E-state index contributed by atoms with van der Waals surface area (Å²) < 4.78 is 5.79. The Balaban J connectivity index is 3.00. The van der Waals surface area contributed by atoms with E-state index in [-0.39, 0.29) is 5.54 Å². The van der Waals surface area contributed by atoms with Gasteiger partial charge in [-0.15, -0.1) is 0 Å². The number of allylic oxidation sites excluding steroid dienone is 1. The predicted molar refractivity (Wildman–Crippen MR) is 74.0 cm³/mol. The third kappa shape index (κ3) is 3.12. The van der Waals surface area contributed by atoms with Crippen molar-refractivity contribution < 1.29 is 4.74 Å². The van der Waals surface area contributed by atoms with E-state index in [2.05, 4.69) is 51.9 Å². The minimum Gasteiger partial charge on any atom is -0.494 e. The van der Waals surface area contributed by atoms with Gasteiger partial charge in [0, 0.05) is 0 Å². The fourth-order valence-corrected chi connectivity index (χ4v) is 2.52. The molecule has 17 heavy (non-hydrogen) atoms. The number of likely N-dealkylation sites (N-methyl/N-ethyl adjacent to an activating group) is 1. The van der Waals surface area contributed by atoms with Gasteiger partial charge in [0.2, 0.25) is 0 Å². The van der Waals surface area contributed by atoms with Gasteiger partial charge in [-0.05, 0) is 45.5 Å². The van der Waals surface area contributed by atoms with Crippen molar-refractivity contribution in [2.45, 2.75) is 52.0 Å². The Bertz CT molecular complexity index is 280. The predicted octanol–water partition coefficient (Wildman–Crippen LogP) is 3.75. The van der Waals surface area contributed by atoms with Crippen LogP contribution in [0.2, 0.25) is 0 Å². The average molecular weight is 237 g/mol. The first-order valence-electron chi connectivity index (χ1n) is 6.84. The molecular formula is C15H27NO. The number of hydrogen-bond acceptors (Lipinski definition) is 2. The van der Waals surface area contributed by atoms with Crippen LogP contribution in [-0.2, 0) is 4.74 Å². The minimum absolute atomic E-state index is 0.0732. The van der Waals surface area contributed by atoms with Gasteiger partial charge in [-0.25, -0.2) is 0 Å². The summed E-state index contributed by atoms with van der Waals surface area (Å²) in [6.45, 7) is 7.27. The summed E-state index contributed by atoms with van der Waals surface area (Å²) in [6.07, 6.45) is 9.35. The van der Waals surface area contributed by atoms with Gasteiger partial charge in [0.15, 0.2) is 0 Å². The van der Waals surface area contributed by atoms with Crippen LogP contribution in [0.3, 0.4) is 0 Å². The molecule has 0 bridgehead atoms. The molecule has 1 aliphatic rings. The quantitative estimate of drug-likeness (QED) is 0.668. The van der Waals surface area contributed by atoms with Crippen LogP contribution >= 0.6 is 0 Å². The average Bonchev–Trinajstić information content (AvgIpc) is 2.60. The van der Waals surface area contributed by atoms with Crippen LogP contribution < -0.4 is 0 Å². The van der Waals surface area contributed by atoms with E-state index < -0.39 is 0 Å². The fraction of sp³-hybridized carbons (Fsp3) is 0.733. The molecule has 2 nitrogen and oxygen atoms in total. The van der Waals surface area contributed by atoms with Crippen LogP contribution in [0, 0.1) is 0 Å². The number of hydrogen-bond donors (Lipinski definition) is 0. The maximum absolute atomic E-state index is 5.79. The molecule has 1 aliphatic carbocycles. The summed E-state index contributed by atoms with van der Waals surface area (Å²) in [4.78, 5) is 2.30. The number of ether oxygens (including phenoxy) is 1. The lowest BCUT2D eigenvalue weighted by Crippen LogP contribution is -2.39. The van der Waals surface area contributed by atoms with Gasteiger partial charge in [0.05, 0.1) is 12.1 Å². The molecule has 0 aromatic rings. The molecule has 98 valence electrons. The van der Waals surface area contributed by atoms with E-state index in [1.54, 1.807) is 0 Å². The maximum Gasteiger partial charge on any atom is 0.120 e. The van der Waals surface area contributed by atoms with Crippen molar-refractivity contribution in [3.05, 3.63) is 23.5 Å². The van der Waals surface area contributed by atoms with Gasteiger partial charge < -0.3 is 4.74 Å². The molecule has 0 aromatic carbocycles. The van der Waals surface area contributed by atoms with Gasteiger partial charge in [0.1, 0.15) is 5.76 Å². The Morgan fingerprint density at radius 2 is 1.82 bits per heavy atom. The first kappa shape index (κ1) is 14.3. The van der Waals surface area contributed by atoms with Crippen LogP contribution in [0.15, 0.2) is 23.5 Å². The van der Waals surface area contributed by atoms with Crippen LogP contribution in [0.25, 0.3) is 0 Å². The Morgan fingerprint density at radius 1 is 1.12 bits per heavy atom. The van der Waals surface area contributed by atoms with Crippen LogP contribution in [0.4, 0.5) is 0 Å². The first-order valence-corrected chi connectivity index (χ1v) is 6.84. The molecule has 0 heterocycles. The zero-order valence-electron chi connectivity index (χ0n) is 12.0. The van der Waals surface area contributed by atoms with Crippen molar-refractivity contribution in [1.29, 1.82) is 0 Å². The number of rotatable bonds is 7. The van der Waals surface area contributed by atoms with Gasteiger partial charge >= 0.3 is 0 Å². The second-order valence-corrected chi connectivity index (χ2v) is 5.00. The summed E-state index contributed by atoms with van der Waals surface area (Å²) >= 11 is 0. The smallest absolute Gasteiger partial charge is 0.120 e. The van der Waals surface area contributed by atoms with E-state index in [0.29, 0.717) is 0 Å². The van der Waals surface area contributed by atoms with E-state index in [9.17, 15) is 0 Å². The van der Waals surface area contributed by atoms with Crippen LogP contribution in [-0.4, -0.2) is 31.1 Å². The summed E-state index contributed by atoms with van der Waals surface area (Å²) in [5, 5.41) is 0. The van der Waals surface area contributed by atoms with E-state index in [1.165, 1.54) is 18.4 Å². The molecule has 1 unspecified atom stereocenters. The van der Waals surface area contributed by atoms with E-state index in [0.717, 1.165) is 25.2 Å². The zero-order chi connectivity index (χ0) is 12.9. The molecule has 1 atom stereocenters. The van der Waals surface area contributed by atoms with Gasteiger partial charge in [0.25, 0.3) is 0 Å². The molecule has 0 radical (unpaired) electrons. The van der Waals surface area contributed by atoms with E-state index in [4.69, 9.17) is 4.74 Å². The lowest BCUT2D eigenvalue weighted by molar-refractivity contribution is 0.222. The Kier molecular flexibility index (Phi) is 5.26. The second-order valence-electron chi connectivity index (χ2n) is 5.00. The maximum atomic E-state index is 5.79. The van der Waals surface area contributed by atoms with Crippen molar-refractivity contribution in [3.8, 4) is 0 Å². The lowest BCUT2D eigenvalue weighted by Gasteiger charge is -2.32. The largest absolute Gasteiger partial charge is 0.494 e. The third-order valence-electron chi connectivity index (χ3n) is 3.42. The van der Waals surface area contributed by atoms with Gasteiger partial charge in [-0.2, -0.15) is 0 Å². The highest BCUT2D eigenvalue weighted by molar-refractivity contribution is 5.42. The van der Waals surface area contributed by atoms with Gasteiger partial charge in [-0.1, -0.05) is 32.8 Å². The molecule has 0 amide bonds. The highest BCUT2D eigenvalue weighted by Gasteiger charge is 2.34. The highest BCUT2D eigenvalue weighted by Crippen LogP contribution is 2.36. The van der Waals surface area contributed by atoms with Crippen LogP contribution in [0.1, 0.15) is 46.5 Å². The fourth-order valence-electron chi connectivity index (χ4n) is 2.52. The molecule has 0 fully saturated rings. The topological polar surface area (TPSA) is 12.5 Å². The van der Waals surface area contributed by atoms with Crippen molar-refractivity contribution in [1.82, 2.24) is 4.90 Å². The van der Waals surface area contributed by atoms with Crippen molar-refractivity contribution >= 4 is 0 Å². The standard InChI is InChI=1S/C15H27NO/c1-6-9-13-11-15(10-7-2,16(4)5)12-14(13)17-8-3/h11-12H,6-10H2,1-5H3. The normalized spacial score (nSPS) is 23.9. The van der Waals surface area contributed by atoms with Crippen molar-refractivity contribution in [2.75, 3.05) is 20.7 Å². The van der Waals surface area contributed by atoms with Crippen molar-refractivity contribution in [2.24, 2.45) is 0 Å². The Morgan fingerprint density at radius 3 is 2.29 bits per heavy atom.